The van der Waals surface area contributed by atoms with Gasteiger partial charge in [-0.1, -0.05) is 26.7 Å². The molecule has 32 heavy (non-hydrogen) atoms. The Morgan fingerprint density at radius 3 is 2.75 bits per heavy atom. The molecule has 1 spiro atoms. The van der Waals surface area contributed by atoms with Crippen molar-refractivity contribution in [1.29, 1.82) is 0 Å². The Hall–Kier alpha value is -2.42. The molecule has 9 heteroatoms. The first-order chi connectivity index (χ1) is 15.3. The lowest BCUT2D eigenvalue weighted by molar-refractivity contribution is -0.136. The lowest BCUT2D eigenvalue weighted by atomic mass is 9.73. The fourth-order valence-electron chi connectivity index (χ4n) is 5.21. The summed E-state index contributed by atoms with van der Waals surface area (Å²) in [6, 6.07) is -0.524. The van der Waals surface area contributed by atoms with Crippen molar-refractivity contribution >= 4 is 40.2 Å². The van der Waals surface area contributed by atoms with Gasteiger partial charge in [-0.05, 0) is 56.4 Å². The van der Waals surface area contributed by atoms with E-state index in [1.54, 1.807) is 6.92 Å². The SMILES string of the molecule is CCOC(=O)c1c(NC(=O)CN2C(=O)NC3(CCCCC3C)C2=O)sc2c1CCC(C)C2. The van der Waals surface area contributed by atoms with Gasteiger partial charge in [-0.3, -0.25) is 14.5 Å². The molecule has 0 aromatic carbocycles. The number of nitrogens with one attached hydrogen (secondary N) is 2. The normalized spacial score (nSPS) is 27.3. The zero-order valence-corrected chi connectivity index (χ0v) is 19.7. The van der Waals surface area contributed by atoms with Gasteiger partial charge in [0.05, 0.1) is 12.2 Å². The van der Waals surface area contributed by atoms with Crippen LogP contribution in [0, 0.1) is 11.8 Å². The Bertz CT molecular complexity index is 958. The minimum atomic E-state index is -0.899. The highest BCUT2D eigenvalue weighted by Gasteiger charge is 2.55. The molecule has 1 saturated carbocycles. The van der Waals surface area contributed by atoms with Crippen LogP contribution in [0.2, 0.25) is 0 Å². The fourth-order valence-corrected chi connectivity index (χ4v) is 6.62. The maximum absolute atomic E-state index is 13.1. The summed E-state index contributed by atoms with van der Waals surface area (Å²) in [5, 5.41) is 6.11. The van der Waals surface area contributed by atoms with E-state index >= 15 is 0 Å². The minimum absolute atomic E-state index is 0.0298. The van der Waals surface area contributed by atoms with Crippen molar-refractivity contribution in [2.75, 3.05) is 18.5 Å². The van der Waals surface area contributed by atoms with Gasteiger partial charge in [0, 0.05) is 4.88 Å². The van der Waals surface area contributed by atoms with Gasteiger partial charge >= 0.3 is 12.0 Å². The molecule has 4 rings (SSSR count). The number of hydrogen-bond acceptors (Lipinski definition) is 6. The first kappa shape index (κ1) is 22.8. The number of carbonyl (C=O) groups is 4. The van der Waals surface area contributed by atoms with Gasteiger partial charge in [-0.2, -0.15) is 0 Å². The number of esters is 1. The molecule has 2 fully saturated rings. The van der Waals surface area contributed by atoms with Crippen LogP contribution < -0.4 is 10.6 Å². The van der Waals surface area contributed by atoms with E-state index in [0.717, 1.165) is 53.9 Å². The zero-order valence-electron chi connectivity index (χ0n) is 18.9. The van der Waals surface area contributed by atoms with Gasteiger partial charge < -0.3 is 15.4 Å². The predicted octanol–water partition coefficient (Wildman–Crippen LogP) is 3.49. The largest absolute Gasteiger partial charge is 0.462 e. The van der Waals surface area contributed by atoms with Crippen molar-refractivity contribution in [3.63, 3.8) is 0 Å². The molecule has 4 amide bonds. The topological polar surface area (TPSA) is 105 Å². The van der Waals surface area contributed by atoms with E-state index in [9.17, 15) is 19.2 Å². The summed E-state index contributed by atoms with van der Waals surface area (Å²) in [6.45, 7) is 5.77. The van der Waals surface area contributed by atoms with Crippen LogP contribution in [-0.2, 0) is 27.2 Å². The number of anilines is 1. The third-order valence-electron chi connectivity index (χ3n) is 7.05. The third kappa shape index (κ3) is 3.91. The second-order valence-corrected chi connectivity index (χ2v) is 10.4. The summed E-state index contributed by atoms with van der Waals surface area (Å²) in [5.74, 6) is -0.720. The number of amides is 4. The van der Waals surface area contributed by atoms with Gasteiger partial charge in [0.2, 0.25) is 5.91 Å². The average molecular weight is 462 g/mol. The van der Waals surface area contributed by atoms with Gasteiger partial charge in [0.1, 0.15) is 17.1 Å². The van der Waals surface area contributed by atoms with Crippen LogP contribution in [0.1, 0.15) is 73.7 Å². The van der Waals surface area contributed by atoms with Crippen molar-refractivity contribution in [3.8, 4) is 0 Å². The molecule has 3 aliphatic rings. The Balaban J connectivity index is 1.53. The first-order valence-corrected chi connectivity index (χ1v) is 12.3. The van der Waals surface area contributed by atoms with E-state index in [-0.39, 0.29) is 25.0 Å². The molecule has 8 nitrogen and oxygen atoms in total. The number of ether oxygens (including phenoxy) is 1. The van der Waals surface area contributed by atoms with E-state index in [4.69, 9.17) is 4.74 Å². The van der Waals surface area contributed by atoms with Gasteiger partial charge in [0.25, 0.3) is 5.91 Å². The minimum Gasteiger partial charge on any atom is -0.462 e. The standard InChI is InChI=1S/C23H31N3O5S/c1-4-31-20(28)18-15-9-8-13(2)11-16(15)32-19(18)24-17(27)12-26-21(29)23(25-22(26)30)10-6-5-7-14(23)3/h13-14H,4-12H2,1-3H3,(H,24,27)(H,25,30). The third-order valence-corrected chi connectivity index (χ3v) is 8.22. The lowest BCUT2D eigenvalue weighted by Crippen LogP contribution is -2.54. The molecule has 3 atom stereocenters. The van der Waals surface area contributed by atoms with E-state index < -0.39 is 23.4 Å². The summed E-state index contributed by atoms with van der Waals surface area (Å²) < 4.78 is 5.24. The molecule has 1 saturated heterocycles. The van der Waals surface area contributed by atoms with Crippen LogP contribution in [0.3, 0.4) is 0 Å². The molecule has 2 N–H and O–H groups in total. The van der Waals surface area contributed by atoms with Gasteiger partial charge in [0.15, 0.2) is 0 Å². The summed E-state index contributed by atoms with van der Waals surface area (Å²) in [4.78, 5) is 53.4. The van der Waals surface area contributed by atoms with E-state index in [2.05, 4.69) is 17.6 Å². The van der Waals surface area contributed by atoms with Crippen molar-refractivity contribution in [2.45, 2.75) is 71.3 Å². The molecule has 1 aliphatic heterocycles. The van der Waals surface area contributed by atoms with Crippen LogP contribution in [0.15, 0.2) is 0 Å². The molecular formula is C23H31N3O5S. The van der Waals surface area contributed by atoms with Crippen LogP contribution in [0.4, 0.5) is 9.80 Å². The highest BCUT2D eigenvalue weighted by Crippen LogP contribution is 2.41. The smallest absolute Gasteiger partial charge is 0.341 e. The summed E-state index contributed by atoms with van der Waals surface area (Å²) in [7, 11) is 0. The van der Waals surface area contributed by atoms with Crippen LogP contribution in [0.5, 0.6) is 0 Å². The first-order valence-electron chi connectivity index (χ1n) is 11.5. The van der Waals surface area contributed by atoms with Crippen LogP contribution >= 0.6 is 11.3 Å². The maximum atomic E-state index is 13.1. The quantitative estimate of drug-likeness (QED) is 0.516. The van der Waals surface area contributed by atoms with Crippen LogP contribution in [-0.4, -0.2) is 47.4 Å². The number of nitrogens with zero attached hydrogens (tertiary/aromatic N) is 1. The molecule has 2 aliphatic carbocycles. The fraction of sp³-hybridized carbons (Fsp3) is 0.652. The Morgan fingerprint density at radius 2 is 2.03 bits per heavy atom. The number of imide groups is 1. The Morgan fingerprint density at radius 1 is 1.25 bits per heavy atom. The van der Waals surface area contributed by atoms with Gasteiger partial charge in [-0.15, -0.1) is 11.3 Å². The molecule has 0 radical (unpaired) electrons. The van der Waals surface area contributed by atoms with E-state index in [0.29, 0.717) is 22.9 Å². The number of hydrogen-bond donors (Lipinski definition) is 2. The lowest BCUT2D eigenvalue weighted by Gasteiger charge is -2.36. The summed E-state index contributed by atoms with van der Waals surface area (Å²) in [5.41, 5.74) is 0.470. The van der Waals surface area contributed by atoms with Crippen molar-refractivity contribution in [3.05, 3.63) is 16.0 Å². The Kier molecular flexibility index (Phi) is 6.29. The van der Waals surface area contributed by atoms with Crippen molar-refractivity contribution in [1.82, 2.24) is 10.2 Å². The average Bonchev–Trinajstić information content (AvgIpc) is 3.20. The maximum Gasteiger partial charge on any atom is 0.341 e. The number of rotatable bonds is 5. The molecule has 1 aromatic heterocycles. The van der Waals surface area contributed by atoms with Crippen LogP contribution in [0.25, 0.3) is 0 Å². The molecule has 174 valence electrons. The zero-order chi connectivity index (χ0) is 23.0. The number of carbonyl (C=O) groups excluding carboxylic acids is 4. The highest BCUT2D eigenvalue weighted by molar-refractivity contribution is 7.17. The summed E-state index contributed by atoms with van der Waals surface area (Å²) >= 11 is 1.39. The van der Waals surface area contributed by atoms with Crippen molar-refractivity contribution in [2.24, 2.45) is 11.8 Å². The highest BCUT2D eigenvalue weighted by atomic mass is 32.1. The number of urea groups is 1. The molecule has 3 unspecified atom stereocenters. The molecule has 2 heterocycles. The van der Waals surface area contributed by atoms with E-state index in [1.807, 2.05) is 6.92 Å². The predicted molar refractivity (Wildman–Crippen MR) is 121 cm³/mol. The molecular weight excluding hydrogens is 430 g/mol. The monoisotopic (exact) mass is 461 g/mol. The molecule has 1 aromatic rings. The van der Waals surface area contributed by atoms with Crippen molar-refractivity contribution < 1.29 is 23.9 Å². The number of fused-ring (bicyclic) bond motifs is 1. The second-order valence-electron chi connectivity index (χ2n) is 9.26. The molecule has 0 bridgehead atoms. The number of thiophene rings is 1. The van der Waals surface area contributed by atoms with E-state index in [1.165, 1.54) is 11.3 Å². The second kappa shape index (κ2) is 8.84. The summed E-state index contributed by atoms with van der Waals surface area (Å²) in [6.07, 6.45) is 5.98. The van der Waals surface area contributed by atoms with Gasteiger partial charge in [-0.25, -0.2) is 9.59 Å². The Labute approximate surface area is 192 Å².